The first-order chi connectivity index (χ1) is 15.4. The molecule has 0 spiro atoms. The van der Waals surface area contributed by atoms with Gasteiger partial charge in [0.2, 0.25) is 10.0 Å². The van der Waals surface area contributed by atoms with Gasteiger partial charge in [-0.25, -0.2) is 13.1 Å². The van der Waals surface area contributed by atoms with E-state index in [0.717, 1.165) is 45.2 Å². The van der Waals surface area contributed by atoms with Crippen molar-refractivity contribution in [1.29, 1.82) is 0 Å². The van der Waals surface area contributed by atoms with E-state index in [1.54, 1.807) is 24.3 Å². The van der Waals surface area contributed by atoms with E-state index < -0.39 is 10.0 Å². The molecule has 1 aliphatic rings. The molecule has 176 valence electrons. The van der Waals surface area contributed by atoms with Gasteiger partial charge in [-0.3, -0.25) is 0 Å². The lowest BCUT2D eigenvalue weighted by atomic mass is 9.90. The van der Waals surface area contributed by atoms with Gasteiger partial charge in [-0.15, -0.1) is 0 Å². The zero-order chi connectivity index (χ0) is 23.0. The summed E-state index contributed by atoms with van der Waals surface area (Å²) < 4.78 is 34.0. The summed E-state index contributed by atoms with van der Waals surface area (Å²) >= 11 is 12.1. The molecule has 1 saturated heterocycles. The molecule has 1 fully saturated rings. The monoisotopic (exact) mass is 498 g/mol. The van der Waals surface area contributed by atoms with E-state index in [1.165, 1.54) is 5.56 Å². The third-order valence-corrected chi connectivity index (χ3v) is 8.07. The second kappa shape index (κ2) is 12.2. The Morgan fingerprint density at radius 2 is 1.84 bits per heavy atom. The average molecular weight is 500 g/mol. The van der Waals surface area contributed by atoms with E-state index in [-0.39, 0.29) is 4.90 Å². The normalized spacial score (nSPS) is 15.7. The molecule has 0 amide bonds. The zero-order valence-electron chi connectivity index (χ0n) is 18.5. The van der Waals surface area contributed by atoms with Gasteiger partial charge in [0.15, 0.2) is 0 Å². The van der Waals surface area contributed by atoms with Crippen LogP contribution in [0.25, 0.3) is 0 Å². The molecule has 3 rings (SSSR count). The number of nitrogens with zero attached hydrogens (tertiary/aromatic N) is 1. The third-order valence-electron chi connectivity index (χ3n) is 5.83. The highest BCUT2D eigenvalue weighted by molar-refractivity contribution is 7.89. The molecule has 0 aliphatic carbocycles. The second-order valence-corrected chi connectivity index (χ2v) is 10.8. The number of hydrogen-bond donors (Lipinski definition) is 1. The molecule has 0 radical (unpaired) electrons. The SMILES string of the molecule is CCCCOc1ccccc1S(=O)(=O)NCCN1CCC(Cc2ccc(Cl)c(Cl)c2)CC1. The Kier molecular flexibility index (Phi) is 9.68. The maximum atomic E-state index is 12.8. The lowest BCUT2D eigenvalue weighted by Crippen LogP contribution is -2.40. The number of hydrogen-bond acceptors (Lipinski definition) is 4. The van der Waals surface area contributed by atoms with Crippen LogP contribution in [0.3, 0.4) is 0 Å². The summed E-state index contributed by atoms with van der Waals surface area (Å²) in [6, 6.07) is 12.7. The van der Waals surface area contributed by atoms with E-state index >= 15 is 0 Å². The van der Waals surface area contributed by atoms with Gasteiger partial charge >= 0.3 is 0 Å². The van der Waals surface area contributed by atoms with Gasteiger partial charge in [-0.1, -0.05) is 54.7 Å². The van der Waals surface area contributed by atoms with Crippen LogP contribution in [0.5, 0.6) is 5.75 Å². The molecule has 2 aromatic rings. The van der Waals surface area contributed by atoms with Crippen molar-refractivity contribution in [3.8, 4) is 5.75 Å². The van der Waals surface area contributed by atoms with Gasteiger partial charge in [0.25, 0.3) is 0 Å². The first kappa shape index (κ1) is 25.3. The number of rotatable bonds is 11. The number of sulfonamides is 1. The number of para-hydroxylation sites is 1. The maximum absolute atomic E-state index is 12.8. The van der Waals surface area contributed by atoms with Crippen molar-refractivity contribution >= 4 is 33.2 Å². The lowest BCUT2D eigenvalue weighted by molar-refractivity contribution is 0.187. The predicted octanol–water partition coefficient (Wildman–Crippen LogP) is 5.41. The van der Waals surface area contributed by atoms with Gasteiger partial charge < -0.3 is 9.64 Å². The van der Waals surface area contributed by atoms with Crippen molar-refractivity contribution in [3.05, 3.63) is 58.1 Å². The van der Waals surface area contributed by atoms with E-state index in [0.29, 0.717) is 41.4 Å². The Hall–Kier alpha value is -1.31. The van der Waals surface area contributed by atoms with E-state index in [9.17, 15) is 8.42 Å². The van der Waals surface area contributed by atoms with Gasteiger partial charge in [-0.05, 0) is 74.5 Å². The van der Waals surface area contributed by atoms with Crippen LogP contribution >= 0.6 is 23.2 Å². The largest absolute Gasteiger partial charge is 0.492 e. The van der Waals surface area contributed by atoms with Crippen molar-refractivity contribution in [3.63, 3.8) is 0 Å². The molecular weight excluding hydrogens is 467 g/mol. The fraction of sp³-hybridized carbons (Fsp3) is 0.500. The summed E-state index contributed by atoms with van der Waals surface area (Å²) in [5, 5.41) is 1.19. The summed E-state index contributed by atoms with van der Waals surface area (Å²) in [5.41, 5.74) is 1.21. The Morgan fingerprint density at radius 3 is 2.56 bits per heavy atom. The Labute approximate surface area is 202 Å². The molecule has 0 unspecified atom stereocenters. The van der Waals surface area contributed by atoms with Crippen molar-refractivity contribution < 1.29 is 13.2 Å². The maximum Gasteiger partial charge on any atom is 0.244 e. The molecule has 0 saturated carbocycles. The molecule has 1 N–H and O–H groups in total. The molecule has 1 heterocycles. The average Bonchev–Trinajstić information content (AvgIpc) is 2.78. The van der Waals surface area contributed by atoms with Crippen LogP contribution in [0.15, 0.2) is 47.4 Å². The van der Waals surface area contributed by atoms with E-state index in [4.69, 9.17) is 27.9 Å². The molecule has 0 aromatic heterocycles. The minimum Gasteiger partial charge on any atom is -0.492 e. The van der Waals surface area contributed by atoms with E-state index in [2.05, 4.69) is 16.5 Å². The van der Waals surface area contributed by atoms with Gasteiger partial charge in [0.05, 0.1) is 16.7 Å². The van der Waals surface area contributed by atoms with Crippen LogP contribution < -0.4 is 9.46 Å². The second-order valence-electron chi connectivity index (χ2n) is 8.28. The molecule has 8 heteroatoms. The minimum atomic E-state index is -3.61. The third kappa shape index (κ3) is 7.35. The molecular formula is C24H32Cl2N2O3S. The van der Waals surface area contributed by atoms with Crippen LogP contribution in [0.2, 0.25) is 10.0 Å². The summed E-state index contributed by atoms with van der Waals surface area (Å²) in [5.74, 6) is 1.02. The minimum absolute atomic E-state index is 0.205. The van der Waals surface area contributed by atoms with Crippen LogP contribution in [0.1, 0.15) is 38.2 Å². The lowest BCUT2D eigenvalue weighted by Gasteiger charge is -2.32. The van der Waals surface area contributed by atoms with Crippen molar-refractivity contribution in [2.45, 2.75) is 43.9 Å². The fourth-order valence-corrected chi connectivity index (χ4v) is 5.43. The van der Waals surface area contributed by atoms with Crippen LogP contribution in [-0.2, 0) is 16.4 Å². The molecule has 32 heavy (non-hydrogen) atoms. The van der Waals surface area contributed by atoms with E-state index in [1.807, 2.05) is 18.2 Å². The van der Waals surface area contributed by atoms with Gasteiger partial charge in [-0.2, -0.15) is 0 Å². The van der Waals surface area contributed by atoms with Crippen LogP contribution in [0.4, 0.5) is 0 Å². The van der Waals surface area contributed by atoms with Gasteiger partial charge in [0, 0.05) is 13.1 Å². The summed E-state index contributed by atoms with van der Waals surface area (Å²) in [4.78, 5) is 2.52. The van der Waals surface area contributed by atoms with Crippen molar-refractivity contribution in [2.24, 2.45) is 5.92 Å². The molecule has 1 aliphatic heterocycles. The summed E-state index contributed by atoms with van der Waals surface area (Å²) in [6.45, 7) is 5.58. The highest BCUT2D eigenvalue weighted by Gasteiger charge is 2.22. The number of benzene rings is 2. The fourth-order valence-electron chi connectivity index (χ4n) is 3.95. The topological polar surface area (TPSA) is 58.6 Å². The quantitative estimate of drug-likeness (QED) is 0.421. The molecule has 5 nitrogen and oxygen atoms in total. The van der Waals surface area contributed by atoms with Crippen LogP contribution in [0, 0.1) is 5.92 Å². The summed E-state index contributed by atoms with van der Waals surface area (Å²) in [6.07, 6.45) is 5.05. The summed E-state index contributed by atoms with van der Waals surface area (Å²) in [7, 11) is -3.61. The highest BCUT2D eigenvalue weighted by Crippen LogP contribution is 2.27. The molecule has 0 bridgehead atoms. The molecule has 2 aromatic carbocycles. The smallest absolute Gasteiger partial charge is 0.244 e. The first-order valence-electron chi connectivity index (χ1n) is 11.3. The first-order valence-corrected chi connectivity index (χ1v) is 13.5. The number of unbranched alkanes of at least 4 members (excludes halogenated alkanes) is 1. The number of ether oxygens (including phenoxy) is 1. The number of likely N-dealkylation sites (tertiary alicyclic amines) is 1. The van der Waals surface area contributed by atoms with Crippen molar-refractivity contribution in [1.82, 2.24) is 9.62 Å². The van der Waals surface area contributed by atoms with Crippen molar-refractivity contribution in [2.75, 3.05) is 32.8 Å². The zero-order valence-corrected chi connectivity index (χ0v) is 20.9. The Morgan fingerprint density at radius 1 is 1.09 bits per heavy atom. The number of piperidine rings is 1. The number of halogens is 2. The molecule has 0 atom stereocenters. The standard InChI is InChI=1S/C24H32Cl2N2O3S/c1-2-3-16-31-23-6-4-5-7-24(23)32(29,30)27-12-15-28-13-10-19(11-14-28)17-20-8-9-21(25)22(26)18-20/h4-9,18-19,27H,2-3,10-17H2,1H3. The van der Waals surface area contributed by atoms with Crippen LogP contribution in [-0.4, -0.2) is 46.1 Å². The Balaban J connectivity index is 1.44. The number of nitrogens with one attached hydrogen (secondary N) is 1. The van der Waals surface area contributed by atoms with Gasteiger partial charge in [0.1, 0.15) is 10.6 Å². The highest BCUT2D eigenvalue weighted by atomic mass is 35.5. The predicted molar refractivity (Wildman–Crippen MR) is 131 cm³/mol. The Bertz CT molecular complexity index is 977.